The molecular weight excluding hydrogens is 239 g/mol. The summed E-state index contributed by atoms with van der Waals surface area (Å²) in [7, 11) is 0. The van der Waals surface area contributed by atoms with E-state index in [4.69, 9.17) is 0 Å². The monoisotopic (exact) mass is 247 g/mol. The third kappa shape index (κ3) is 2.41. The Hall–Kier alpha value is -1.37. The largest absolute Gasteiger partial charge is 0.435 e. The summed E-state index contributed by atoms with van der Waals surface area (Å²) in [4.78, 5) is 4.91. The fraction of sp³-hybridized carbons (Fsp3) is 0.333. The molecule has 7 heteroatoms. The second kappa shape index (κ2) is 3.89. The van der Waals surface area contributed by atoms with Gasteiger partial charge in [-0.1, -0.05) is 0 Å². The van der Waals surface area contributed by atoms with Crippen molar-refractivity contribution in [2.75, 3.05) is 0 Å². The van der Waals surface area contributed by atoms with Gasteiger partial charge in [0.15, 0.2) is 5.69 Å². The molecule has 0 radical (unpaired) electrons. The average Bonchev–Trinajstić information content (AvgIpc) is 2.74. The number of alkyl halides is 3. The zero-order chi connectivity index (χ0) is 11.8. The molecule has 0 aliphatic rings. The lowest BCUT2D eigenvalue weighted by Gasteiger charge is -2.01. The van der Waals surface area contributed by atoms with Crippen molar-refractivity contribution in [3.63, 3.8) is 0 Å². The summed E-state index contributed by atoms with van der Waals surface area (Å²) in [6.07, 6.45) is -1.41. The number of aromatic nitrogens is 3. The van der Waals surface area contributed by atoms with E-state index < -0.39 is 11.9 Å². The molecule has 0 bridgehead atoms. The molecule has 2 heterocycles. The van der Waals surface area contributed by atoms with Crippen LogP contribution >= 0.6 is 11.3 Å². The first-order valence-electron chi connectivity index (χ1n) is 4.47. The molecule has 86 valence electrons. The summed E-state index contributed by atoms with van der Waals surface area (Å²) in [6, 6.07) is 0.966. The smallest absolute Gasteiger partial charge is 0.267 e. The van der Waals surface area contributed by atoms with Gasteiger partial charge >= 0.3 is 6.18 Å². The highest BCUT2D eigenvalue weighted by Gasteiger charge is 2.33. The van der Waals surface area contributed by atoms with Gasteiger partial charge in [0.25, 0.3) is 0 Å². The quantitative estimate of drug-likeness (QED) is 0.817. The Labute approximate surface area is 93.5 Å². The van der Waals surface area contributed by atoms with Gasteiger partial charge in [-0.05, 0) is 13.0 Å². The highest BCUT2D eigenvalue weighted by atomic mass is 32.1. The van der Waals surface area contributed by atoms with Crippen LogP contribution in [-0.2, 0) is 12.7 Å². The van der Waals surface area contributed by atoms with Crippen LogP contribution in [0.3, 0.4) is 0 Å². The van der Waals surface area contributed by atoms with Gasteiger partial charge in [-0.15, -0.1) is 11.3 Å². The molecule has 0 aliphatic heterocycles. The van der Waals surface area contributed by atoms with Gasteiger partial charge in [-0.25, -0.2) is 4.98 Å². The van der Waals surface area contributed by atoms with Gasteiger partial charge < -0.3 is 0 Å². The standard InChI is InChI=1S/C9H8F3N3S/c1-6-13-4-7(16-6)5-15-3-2-8(14-15)9(10,11)12/h2-4H,5H2,1H3. The van der Waals surface area contributed by atoms with Gasteiger partial charge in [0.2, 0.25) is 0 Å². The van der Waals surface area contributed by atoms with Crippen LogP contribution < -0.4 is 0 Å². The molecule has 0 aromatic carbocycles. The van der Waals surface area contributed by atoms with Crippen molar-refractivity contribution in [1.29, 1.82) is 0 Å². The van der Waals surface area contributed by atoms with Crippen LogP contribution in [0.15, 0.2) is 18.5 Å². The zero-order valence-corrected chi connectivity index (χ0v) is 9.14. The Balaban J connectivity index is 2.14. The third-order valence-electron chi connectivity index (χ3n) is 1.92. The van der Waals surface area contributed by atoms with E-state index in [2.05, 4.69) is 10.1 Å². The summed E-state index contributed by atoms with van der Waals surface area (Å²) in [5.74, 6) is 0. The van der Waals surface area contributed by atoms with Crippen LogP contribution in [0.2, 0.25) is 0 Å². The third-order valence-corrected chi connectivity index (χ3v) is 2.82. The van der Waals surface area contributed by atoms with Crippen LogP contribution in [0.4, 0.5) is 13.2 Å². The lowest BCUT2D eigenvalue weighted by molar-refractivity contribution is -0.141. The molecular formula is C9H8F3N3S. The maximum absolute atomic E-state index is 12.3. The second-order valence-corrected chi connectivity index (χ2v) is 4.56. The molecule has 0 saturated carbocycles. The number of halogens is 3. The summed E-state index contributed by atoms with van der Waals surface area (Å²) in [5.41, 5.74) is -0.867. The zero-order valence-electron chi connectivity index (χ0n) is 8.32. The van der Waals surface area contributed by atoms with Crippen LogP contribution in [0.25, 0.3) is 0 Å². The number of rotatable bonds is 2. The molecule has 0 amide bonds. The first kappa shape index (κ1) is 11.1. The average molecular weight is 247 g/mol. The van der Waals surface area contributed by atoms with Gasteiger partial charge in [0.1, 0.15) is 0 Å². The number of nitrogens with zero attached hydrogens (tertiary/aromatic N) is 3. The van der Waals surface area contributed by atoms with Crippen LogP contribution in [0, 0.1) is 6.92 Å². The maximum atomic E-state index is 12.3. The van der Waals surface area contributed by atoms with E-state index in [0.717, 1.165) is 16.0 Å². The number of thiazole rings is 1. The van der Waals surface area contributed by atoms with E-state index in [9.17, 15) is 13.2 Å². The summed E-state index contributed by atoms with van der Waals surface area (Å²) in [5, 5.41) is 4.34. The predicted octanol–water partition coefficient (Wildman–Crippen LogP) is 2.72. The van der Waals surface area contributed by atoms with Crippen LogP contribution in [-0.4, -0.2) is 14.8 Å². The highest BCUT2D eigenvalue weighted by Crippen LogP contribution is 2.27. The Morgan fingerprint density at radius 1 is 1.44 bits per heavy atom. The van der Waals surface area contributed by atoms with E-state index in [1.807, 2.05) is 6.92 Å². The van der Waals surface area contributed by atoms with Crippen molar-refractivity contribution >= 4 is 11.3 Å². The maximum Gasteiger partial charge on any atom is 0.435 e. The number of hydrogen-bond acceptors (Lipinski definition) is 3. The minimum absolute atomic E-state index is 0.321. The van der Waals surface area contributed by atoms with Gasteiger partial charge in [0, 0.05) is 17.3 Å². The van der Waals surface area contributed by atoms with Gasteiger partial charge in [0.05, 0.1) is 11.6 Å². The van der Waals surface area contributed by atoms with E-state index >= 15 is 0 Å². The molecule has 0 N–H and O–H groups in total. The second-order valence-electron chi connectivity index (χ2n) is 3.24. The molecule has 0 saturated heterocycles. The topological polar surface area (TPSA) is 30.7 Å². The Kier molecular flexibility index (Phi) is 2.71. The summed E-state index contributed by atoms with van der Waals surface area (Å²) in [6.45, 7) is 2.17. The fourth-order valence-electron chi connectivity index (χ4n) is 1.24. The molecule has 2 aromatic heterocycles. The Bertz CT molecular complexity index is 486. The van der Waals surface area contributed by atoms with Crippen molar-refractivity contribution < 1.29 is 13.2 Å². The van der Waals surface area contributed by atoms with E-state index in [1.165, 1.54) is 22.2 Å². The molecule has 16 heavy (non-hydrogen) atoms. The SMILES string of the molecule is Cc1ncc(Cn2ccc(C(F)(F)F)n2)s1. The van der Waals surface area contributed by atoms with Gasteiger partial charge in [-0.3, -0.25) is 4.68 Å². The van der Waals surface area contributed by atoms with Crippen molar-refractivity contribution in [2.24, 2.45) is 0 Å². The highest BCUT2D eigenvalue weighted by molar-refractivity contribution is 7.11. The van der Waals surface area contributed by atoms with Crippen molar-refractivity contribution in [3.05, 3.63) is 34.0 Å². The lowest BCUT2D eigenvalue weighted by atomic mass is 10.4. The molecule has 0 fully saturated rings. The van der Waals surface area contributed by atoms with E-state index in [-0.39, 0.29) is 0 Å². The van der Waals surface area contributed by atoms with Crippen molar-refractivity contribution in [2.45, 2.75) is 19.6 Å². The molecule has 0 spiro atoms. The molecule has 0 unspecified atom stereocenters. The molecule has 0 atom stereocenters. The van der Waals surface area contributed by atoms with Gasteiger partial charge in [-0.2, -0.15) is 18.3 Å². The normalized spacial score (nSPS) is 12.0. The Morgan fingerprint density at radius 3 is 2.69 bits per heavy atom. The van der Waals surface area contributed by atoms with E-state index in [0.29, 0.717) is 6.54 Å². The lowest BCUT2D eigenvalue weighted by Crippen LogP contribution is -2.08. The first-order valence-corrected chi connectivity index (χ1v) is 5.29. The summed E-state index contributed by atoms with van der Waals surface area (Å²) < 4.78 is 38.0. The molecule has 0 aliphatic carbocycles. The first-order chi connectivity index (χ1) is 7.45. The van der Waals surface area contributed by atoms with Crippen LogP contribution in [0.1, 0.15) is 15.6 Å². The molecule has 3 nitrogen and oxygen atoms in total. The van der Waals surface area contributed by atoms with Crippen LogP contribution in [0.5, 0.6) is 0 Å². The van der Waals surface area contributed by atoms with Crippen molar-refractivity contribution in [1.82, 2.24) is 14.8 Å². The fourth-order valence-corrected chi connectivity index (χ4v) is 2.03. The van der Waals surface area contributed by atoms with E-state index in [1.54, 1.807) is 6.20 Å². The Morgan fingerprint density at radius 2 is 2.19 bits per heavy atom. The minimum Gasteiger partial charge on any atom is -0.267 e. The number of aryl methyl sites for hydroxylation is 1. The summed E-state index contributed by atoms with van der Waals surface area (Å²) >= 11 is 1.45. The molecule has 2 aromatic rings. The predicted molar refractivity (Wildman–Crippen MR) is 53.2 cm³/mol. The minimum atomic E-state index is -4.38. The van der Waals surface area contributed by atoms with Crippen molar-refractivity contribution in [3.8, 4) is 0 Å². The number of hydrogen-bond donors (Lipinski definition) is 0. The molecule has 2 rings (SSSR count).